The smallest absolute Gasteiger partial charge is 0.544 e. The van der Waals surface area contributed by atoms with Gasteiger partial charge < -0.3 is 19.8 Å². The number of rotatable bonds is 2. The predicted octanol–water partition coefficient (Wildman–Crippen LogP) is -1.40. The molecule has 4 nitrogen and oxygen atoms in total. The summed E-state index contributed by atoms with van der Waals surface area (Å²) in [5.74, 6) is -2.84. The van der Waals surface area contributed by atoms with Crippen molar-refractivity contribution in [3.05, 3.63) is 23.2 Å². The molecule has 0 unspecified atom stereocenters. The molecule has 0 saturated carbocycles. The third kappa shape index (κ3) is 18.9. The van der Waals surface area contributed by atoms with E-state index < -0.39 is 22.0 Å². The monoisotopic (exact) mass is 250 g/mol. The van der Waals surface area contributed by atoms with Gasteiger partial charge in [0.25, 0.3) is 0 Å². The van der Waals surface area contributed by atoms with Crippen molar-refractivity contribution in [3.63, 3.8) is 0 Å². The standard InChI is InChI=1S/2C3H3ClO2.Ca/c2*1-2(4)3(5)6;/h2*1H2,(H,5,6);/q;;+2/p-2. The topological polar surface area (TPSA) is 80.3 Å². The maximum atomic E-state index is 9.36. The number of carbonyl (C=O) groups excluding carboxylic acids is 2. The number of hydrogen-bond donors (Lipinski definition) is 0. The van der Waals surface area contributed by atoms with E-state index in [9.17, 15) is 19.8 Å². The van der Waals surface area contributed by atoms with E-state index >= 15 is 0 Å². The van der Waals surface area contributed by atoms with Crippen LogP contribution in [0.1, 0.15) is 0 Å². The molecule has 0 aliphatic rings. The van der Waals surface area contributed by atoms with Gasteiger partial charge in [-0.15, -0.1) is 0 Å². The molecule has 0 aliphatic carbocycles. The molecule has 0 saturated heterocycles. The van der Waals surface area contributed by atoms with Crippen molar-refractivity contribution < 1.29 is 19.8 Å². The molecule has 0 fully saturated rings. The number of carboxylic acid groups (broad SMARTS) is 2. The first-order valence-corrected chi connectivity index (χ1v) is 3.16. The molecular formula is C6H4CaCl2O4. The fourth-order valence-corrected chi connectivity index (χ4v) is 0. The Bertz CT molecular complexity index is 179. The summed E-state index contributed by atoms with van der Waals surface area (Å²) in [6.45, 7) is 5.72. The fourth-order valence-electron chi connectivity index (χ4n) is 0. The number of halogens is 2. The Kier molecular flexibility index (Phi) is 15.1. The summed E-state index contributed by atoms with van der Waals surface area (Å²) in [7, 11) is 0. The van der Waals surface area contributed by atoms with Crippen molar-refractivity contribution in [3.8, 4) is 0 Å². The summed E-state index contributed by atoms with van der Waals surface area (Å²) in [6.07, 6.45) is 0. The van der Waals surface area contributed by atoms with E-state index in [1.165, 1.54) is 0 Å². The van der Waals surface area contributed by atoms with Gasteiger partial charge >= 0.3 is 37.7 Å². The Morgan fingerprint density at radius 2 is 1.00 bits per heavy atom. The van der Waals surface area contributed by atoms with Gasteiger partial charge in [-0.1, -0.05) is 36.4 Å². The molecule has 0 aromatic rings. The van der Waals surface area contributed by atoms with E-state index in [-0.39, 0.29) is 37.7 Å². The van der Waals surface area contributed by atoms with Crippen molar-refractivity contribution in [1.29, 1.82) is 0 Å². The van der Waals surface area contributed by atoms with E-state index in [0.717, 1.165) is 0 Å². The van der Waals surface area contributed by atoms with Gasteiger partial charge in [-0.2, -0.15) is 0 Å². The Labute approximate surface area is 115 Å². The van der Waals surface area contributed by atoms with Crippen molar-refractivity contribution in [2.24, 2.45) is 0 Å². The second-order valence-electron chi connectivity index (χ2n) is 1.38. The van der Waals surface area contributed by atoms with Gasteiger partial charge in [0.15, 0.2) is 0 Å². The zero-order valence-electron chi connectivity index (χ0n) is 6.51. The number of aliphatic carboxylic acids is 2. The number of hydrogen-bond acceptors (Lipinski definition) is 4. The van der Waals surface area contributed by atoms with Gasteiger partial charge in [-0.25, -0.2) is 0 Å². The van der Waals surface area contributed by atoms with Crippen LogP contribution in [0.5, 0.6) is 0 Å². The summed E-state index contributed by atoms with van der Waals surface area (Å²) >= 11 is 9.51. The average molecular weight is 251 g/mol. The Morgan fingerprint density at radius 1 is 0.923 bits per heavy atom. The van der Waals surface area contributed by atoms with Crippen LogP contribution in [0.2, 0.25) is 0 Å². The van der Waals surface area contributed by atoms with Gasteiger partial charge in [0.1, 0.15) is 0 Å². The zero-order valence-corrected chi connectivity index (χ0v) is 10.2. The first kappa shape index (κ1) is 18.9. The molecule has 0 heterocycles. The Morgan fingerprint density at radius 3 is 1.00 bits per heavy atom. The van der Waals surface area contributed by atoms with Crippen LogP contribution in [0, 0.1) is 0 Å². The van der Waals surface area contributed by atoms with Gasteiger partial charge in [0.2, 0.25) is 0 Å². The van der Waals surface area contributed by atoms with Crippen molar-refractivity contribution in [1.82, 2.24) is 0 Å². The maximum absolute atomic E-state index is 9.36. The summed E-state index contributed by atoms with van der Waals surface area (Å²) in [4.78, 5) is 18.7. The van der Waals surface area contributed by atoms with Crippen LogP contribution in [0.4, 0.5) is 0 Å². The SMILES string of the molecule is C=C(Cl)C(=O)[O-].C=C(Cl)C(=O)[O-].[Ca+2]. The van der Waals surface area contributed by atoms with E-state index in [0.29, 0.717) is 0 Å². The number of carboxylic acids is 2. The molecule has 0 N–H and O–H groups in total. The Balaban J connectivity index is -0.000000143. The maximum Gasteiger partial charge on any atom is 2.00 e. The molecule has 0 amide bonds. The minimum Gasteiger partial charge on any atom is -0.544 e. The summed E-state index contributed by atoms with van der Waals surface area (Å²) in [6, 6.07) is 0. The van der Waals surface area contributed by atoms with Gasteiger partial charge in [-0.05, 0) is 0 Å². The van der Waals surface area contributed by atoms with Crippen LogP contribution in [-0.2, 0) is 9.59 Å². The van der Waals surface area contributed by atoms with Crippen LogP contribution in [0.3, 0.4) is 0 Å². The molecule has 0 aliphatic heterocycles. The van der Waals surface area contributed by atoms with Crippen LogP contribution in [-0.4, -0.2) is 49.7 Å². The predicted molar refractivity (Wildman–Crippen MR) is 45.8 cm³/mol. The van der Waals surface area contributed by atoms with Crippen molar-refractivity contribution >= 4 is 72.9 Å². The van der Waals surface area contributed by atoms with Crippen LogP contribution in [0.25, 0.3) is 0 Å². The van der Waals surface area contributed by atoms with E-state index in [1.54, 1.807) is 0 Å². The molecule has 13 heavy (non-hydrogen) atoms. The molecule has 0 bridgehead atoms. The molecule has 0 radical (unpaired) electrons. The summed E-state index contributed by atoms with van der Waals surface area (Å²) < 4.78 is 0. The summed E-state index contributed by atoms with van der Waals surface area (Å²) in [5.41, 5.74) is 0. The minimum atomic E-state index is -1.42. The summed E-state index contributed by atoms with van der Waals surface area (Å²) in [5, 5.41) is 17.8. The van der Waals surface area contributed by atoms with Crippen LogP contribution in [0.15, 0.2) is 23.2 Å². The van der Waals surface area contributed by atoms with Crippen LogP contribution >= 0.6 is 23.2 Å². The Hall–Kier alpha value is 0.260. The molecule has 0 atom stereocenters. The van der Waals surface area contributed by atoms with Gasteiger partial charge in [-0.3, -0.25) is 0 Å². The largest absolute Gasteiger partial charge is 2.00 e. The molecular weight excluding hydrogens is 247 g/mol. The minimum absolute atomic E-state index is 0. The van der Waals surface area contributed by atoms with E-state index in [4.69, 9.17) is 23.2 Å². The van der Waals surface area contributed by atoms with E-state index in [2.05, 4.69) is 13.2 Å². The van der Waals surface area contributed by atoms with Crippen molar-refractivity contribution in [2.45, 2.75) is 0 Å². The quantitative estimate of drug-likeness (QED) is 0.446. The third-order valence-corrected chi connectivity index (χ3v) is 0.752. The number of carbonyl (C=O) groups is 2. The normalized spacial score (nSPS) is 6.92. The van der Waals surface area contributed by atoms with Crippen LogP contribution < -0.4 is 10.2 Å². The molecule has 0 aromatic carbocycles. The first-order valence-electron chi connectivity index (χ1n) is 2.40. The van der Waals surface area contributed by atoms with E-state index in [1.807, 2.05) is 0 Å². The van der Waals surface area contributed by atoms with Crippen molar-refractivity contribution in [2.75, 3.05) is 0 Å². The average Bonchev–Trinajstić information content (AvgIpc) is 1.88. The molecule has 0 aromatic heterocycles. The molecule has 7 heteroatoms. The molecule has 68 valence electrons. The van der Waals surface area contributed by atoms with Gasteiger partial charge in [0.05, 0.1) is 22.0 Å². The zero-order chi connectivity index (χ0) is 10.3. The molecule has 0 rings (SSSR count). The molecule has 0 spiro atoms. The third-order valence-electron chi connectivity index (χ3n) is 0.443. The second-order valence-corrected chi connectivity index (χ2v) is 2.30. The first-order chi connectivity index (χ1) is 5.29. The second kappa shape index (κ2) is 10.3. The fraction of sp³-hybridized carbons (Fsp3) is 0. The van der Waals surface area contributed by atoms with Gasteiger partial charge in [0, 0.05) is 0 Å².